The second kappa shape index (κ2) is 9.21. The van der Waals surface area contributed by atoms with Gasteiger partial charge in [-0.05, 0) is 78.7 Å². The lowest BCUT2D eigenvalue weighted by Gasteiger charge is -2.38. The minimum Gasteiger partial charge on any atom is -0.494 e. The minimum atomic E-state index is -0.446. The van der Waals surface area contributed by atoms with Crippen molar-refractivity contribution in [3.63, 3.8) is 0 Å². The van der Waals surface area contributed by atoms with E-state index in [1.807, 2.05) is 29.2 Å². The molecule has 1 spiro atoms. The Morgan fingerprint density at radius 1 is 1.12 bits per heavy atom. The number of nitriles is 1. The van der Waals surface area contributed by atoms with Crippen molar-refractivity contribution >= 4 is 17.2 Å². The number of nitrogens with zero attached hydrogens (tertiary/aromatic N) is 2. The number of ether oxygens (including phenoxy) is 1. The number of carbonyl (C=O) groups is 1. The zero-order chi connectivity index (χ0) is 23.7. The Labute approximate surface area is 202 Å². The third-order valence-corrected chi connectivity index (χ3v) is 8.30. The molecule has 1 amide bonds. The van der Waals surface area contributed by atoms with E-state index in [4.69, 9.17) is 10.00 Å². The van der Waals surface area contributed by atoms with Crippen molar-refractivity contribution < 1.29 is 13.9 Å². The first-order valence-electron chi connectivity index (χ1n) is 11.5. The van der Waals surface area contributed by atoms with E-state index in [-0.39, 0.29) is 11.7 Å². The summed E-state index contributed by atoms with van der Waals surface area (Å²) in [6.07, 6.45) is 3.23. The van der Waals surface area contributed by atoms with E-state index < -0.39 is 5.82 Å². The average Bonchev–Trinajstić information content (AvgIpc) is 3.52. The Morgan fingerprint density at radius 2 is 1.85 bits per heavy atom. The van der Waals surface area contributed by atoms with Gasteiger partial charge in [0.15, 0.2) is 11.6 Å². The van der Waals surface area contributed by atoms with Crippen molar-refractivity contribution in [2.24, 2.45) is 5.41 Å². The van der Waals surface area contributed by atoms with E-state index in [9.17, 15) is 9.18 Å². The molecular weight excluding hydrogens is 449 g/mol. The maximum absolute atomic E-state index is 14.5. The minimum absolute atomic E-state index is 0.0286. The number of rotatable bonds is 4. The molecule has 0 aliphatic carbocycles. The summed E-state index contributed by atoms with van der Waals surface area (Å²) in [7, 11) is 1.44. The number of carbonyl (C=O) groups excluding carboxylic acids is 1. The number of halogens is 1. The van der Waals surface area contributed by atoms with Crippen LogP contribution in [0.5, 0.6) is 5.75 Å². The number of piperidine rings is 1. The molecule has 1 aromatic heterocycles. The van der Waals surface area contributed by atoms with Crippen LogP contribution in [0.2, 0.25) is 0 Å². The number of nitrogens with one attached hydrogen (secondary N) is 1. The normalized spacial score (nSPS) is 17.0. The highest BCUT2D eigenvalue weighted by Gasteiger charge is 2.38. The smallest absolute Gasteiger partial charge is 0.263 e. The van der Waals surface area contributed by atoms with E-state index >= 15 is 0 Å². The molecule has 0 bridgehead atoms. The molecule has 0 atom stereocenters. The van der Waals surface area contributed by atoms with Gasteiger partial charge in [0, 0.05) is 30.1 Å². The molecule has 0 saturated carbocycles. The van der Waals surface area contributed by atoms with Gasteiger partial charge in [0.25, 0.3) is 5.91 Å². The zero-order valence-electron chi connectivity index (χ0n) is 19.1. The summed E-state index contributed by atoms with van der Waals surface area (Å²) in [6.45, 7) is 3.63. The fraction of sp³-hybridized carbons (Fsp3) is 0.333. The highest BCUT2D eigenvalue weighted by atomic mass is 32.1. The molecule has 0 unspecified atom stereocenters. The van der Waals surface area contributed by atoms with Crippen molar-refractivity contribution in [1.82, 2.24) is 10.2 Å². The molecule has 7 heteroatoms. The molecule has 2 saturated heterocycles. The van der Waals surface area contributed by atoms with E-state index in [1.54, 1.807) is 18.2 Å². The van der Waals surface area contributed by atoms with Crippen LogP contribution in [0.4, 0.5) is 4.39 Å². The number of hydrogen-bond acceptors (Lipinski definition) is 5. The number of hydrogen-bond donors (Lipinski definition) is 1. The van der Waals surface area contributed by atoms with Crippen molar-refractivity contribution in [1.29, 1.82) is 5.26 Å². The summed E-state index contributed by atoms with van der Waals surface area (Å²) in [6, 6.07) is 16.2. The van der Waals surface area contributed by atoms with Crippen LogP contribution in [-0.2, 0) is 0 Å². The molecule has 0 radical (unpaired) electrons. The second-order valence-electron chi connectivity index (χ2n) is 9.11. The third-order valence-electron chi connectivity index (χ3n) is 7.13. The van der Waals surface area contributed by atoms with Gasteiger partial charge in [0.1, 0.15) is 0 Å². The highest BCUT2D eigenvalue weighted by molar-refractivity contribution is 7.18. The van der Waals surface area contributed by atoms with E-state index in [1.165, 1.54) is 30.9 Å². The predicted molar refractivity (Wildman–Crippen MR) is 131 cm³/mol. The second-order valence-corrected chi connectivity index (χ2v) is 10.2. The molecular formula is C27H26FN3O2S. The van der Waals surface area contributed by atoms with Gasteiger partial charge in [-0.2, -0.15) is 5.26 Å². The summed E-state index contributed by atoms with van der Waals surface area (Å²) < 4.78 is 19.6. The van der Waals surface area contributed by atoms with E-state index in [2.05, 4.69) is 11.4 Å². The first-order valence-corrected chi connectivity index (χ1v) is 12.3. The number of benzene rings is 2. The van der Waals surface area contributed by atoms with Gasteiger partial charge in [-0.1, -0.05) is 12.1 Å². The lowest BCUT2D eigenvalue weighted by molar-refractivity contribution is 0.0612. The van der Waals surface area contributed by atoms with Crippen LogP contribution in [0, 0.1) is 22.6 Å². The highest BCUT2D eigenvalue weighted by Crippen LogP contribution is 2.42. The van der Waals surface area contributed by atoms with Crippen LogP contribution in [0.1, 0.15) is 34.5 Å². The van der Waals surface area contributed by atoms with Crippen LogP contribution in [0.3, 0.4) is 0 Å². The average molecular weight is 476 g/mol. The number of amides is 1. The van der Waals surface area contributed by atoms with Crippen molar-refractivity contribution in [3.8, 4) is 33.4 Å². The molecule has 5 rings (SSSR count). The summed E-state index contributed by atoms with van der Waals surface area (Å²) in [4.78, 5) is 16.9. The van der Waals surface area contributed by atoms with Gasteiger partial charge in [-0.25, -0.2) is 4.39 Å². The van der Waals surface area contributed by atoms with Crippen molar-refractivity contribution in [3.05, 3.63) is 64.8 Å². The van der Waals surface area contributed by atoms with Gasteiger partial charge in [-0.3, -0.25) is 4.79 Å². The molecule has 34 heavy (non-hydrogen) atoms. The summed E-state index contributed by atoms with van der Waals surface area (Å²) in [5.74, 6) is -0.236. The van der Waals surface area contributed by atoms with Crippen molar-refractivity contribution in [2.75, 3.05) is 33.3 Å². The first kappa shape index (κ1) is 22.6. The molecule has 2 fully saturated rings. The standard InChI is InChI=1S/C27H26FN3O2S/c1-33-23-7-6-20(14-22(23)28)25-21(19-4-2-18(16-29)3-5-19)15-24(34-25)26(32)31-12-9-27(10-13-31)8-11-30-17-27/h2-7,14-15,30H,8-13,17H2,1H3. The van der Waals surface area contributed by atoms with Gasteiger partial charge >= 0.3 is 0 Å². The van der Waals surface area contributed by atoms with Crippen LogP contribution in [0.15, 0.2) is 48.5 Å². The fourth-order valence-electron chi connectivity index (χ4n) is 5.02. The Kier molecular flexibility index (Phi) is 6.11. The molecule has 174 valence electrons. The van der Waals surface area contributed by atoms with Gasteiger partial charge < -0.3 is 15.0 Å². The van der Waals surface area contributed by atoms with Gasteiger partial charge in [0.05, 0.1) is 23.6 Å². The van der Waals surface area contributed by atoms with Crippen molar-refractivity contribution in [2.45, 2.75) is 19.3 Å². The molecule has 1 N–H and O–H groups in total. The lowest BCUT2D eigenvalue weighted by Crippen LogP contribution is -2.43. The monoisotopic (exact) mass is 475 g/mol. The summed E-state index contributed by atoms with van der Waals surface area (Å²) in [5.41, 5.74) is 3.34. The largest absolute Gasteiger partial charge is 0.494 e. The zero-order valence-corrected chi connectivity index (χ0v) is 19.9. The van der Waals surface area contributed by atoms with Crippen LogP contribution in [-0.4, -0.2) is 44.1 Å². The summed E-state index contributed by atoms with van der Waals surface area (Å²) >= 11 is 1.39. The van der Waals surface area contributed by atoms with Crippen LogP contribution < -0.4 is 10.1 Å². The van der Waals surface area contributed by atoms with Gasteiger partial charge in [-0.15, -0.1) is 11.3 Å². The Morgan fingerprint density at radius 3 is 2.47 bits per heavy atom. The summed E-state index contributed by atoms with van der Waals surface area (Å²) in [5, 5.41) is 12.6. The topological polar surface area (TPSA) is 65.4 Å². The predicted octanol–water partition coefficient (Wildman–Crippen LogP) is 5.32. The molecule has 5 nitrogen and oxygen atoms in total. The van der Waals surface area contributed by atoms with E-state index in [0.29, 0.717) is 21.4 Å². The van der Waals surface area contributed by atoms with Gasteiger partial charge in [0.2, 0.25) is 0 Å². The fourth-order valence-corrected chi connectivity index (χ4v) is 6.16. The first-order chi connectivity index (χ1) is 16.5. The number of methoxy groups -OCH3 is 1. The van der Waals surface area contributed by atoms with E-state index in [0.717, 1.165) is 55.0 Å². The molecule has 2 aliphatic rings. The molecule has 2 aromatic carbocycles. The Bertz CT molecular complexity index is 1250. The Balaban J connectivity index is 1.49. The lowest BCUT2D eigenvalue weighted by atomic mass is 9.78. The maximum Gasteiger partial charge on any atom is 0.263 e. The molecule has 2 aliphatic heterocycles. The van der Waals surface area contributed by atoms with Crippen LogP contribution in [0.25, 0.3) is 21.6 Å². The number of likely N-dealkylation sites (tertiary alicyclic amines) is 1. The quantitative estimate of drug-likeness (QED) is 0.555. The Hall–Kier alpha value is -3.21. The maximum atomic E-state index is 14.5. The molecule has 3 heterocycles. The van der Waals surface area contributed by atoms with Crippen LogP contribution >= 0.6 is 11.3 Å². The SMILES string of the molecule is COc1ccc(-c2sc(C(=O)N3CCC4(CCNC4)CC3)cc2-c2ccc(C#N)cc2)cc1F. The molecule has 3 aromatic rings. The third kappa shape index (κ3) is 4.20. The number of thiophene rings is 1.